The minimum Gasteiger partial charge on any atom is -0.341 e. The van der Waals surface area contributed by atoms with Crippen molar-refractivity contribution in [3.63, 3.8) is 0 Å². The van der Waals surface area contributed by atoms with Crippen LogP contribution in [0, 0.1) is 0 Å². The summed E-state index contributed by atoms with van der Waals surface area (Å²) in [5, 5.41) is 0. The average molecular weight is 327 g/mol. The number of anilines is 1. The Morgan fingerprint density at radius 1 is 1.17 bits per heavy atom. The van der Waals surface area contributed by atoms with E-state index in [1.165, 1.54) is 0 Å². The molecule has 0 bridgehead atoms. The van der Waals surface area contributed by atoms with Crippen LogP contribution in [-0.4, -0.2) is 52.8 Å². The van der Waals surface area contributed by atoms with Crippen LogP contribution >= 0.6 is 0 Å². The SMILES string of the molecule is C[C@@]12CCC(=O)N1c1ccccc1C(=O)N2CC(=O)N1CCCC1. The van der Waals surface area contributed by atoms with Gasteiger partial charge in [-0.05, 0) is 38.3 Å². The van der Waals surface area contributed by atoms with Crippen molar-refractivity contribution in [1.82, 2.24) is 9.80 Å². The summed E-state index contributed by atoms with van der Waals surface area (Å²) < 4.78 is 0. The third-order valence-corrected chi connectivity index (χ3v) is 5.50. The zero-order valence-electron chi connectivity index (χ0n) is 13.8. The lowest BCUT2D eigenvalue weighted by atomic mass is 9.98. The standard InChI is InChI=1S/C18H21N3O3/c1-18-9-8-15(22)21(18)14-7-3-2-6-13(14)17(24)20(18)12-16(23)19-10-4-5-11-19/h2-3,6-7H,4-5,8-12H2,1H3/t18-/m0/s1. The van der Waals surface area contributed by atoms with Crippen LogP contribution in [0.3, 0.4) is 0 Å². The Hall–Kier alpha value is -2.37. The molecule has 1 aromatic carbocycles. The predicted octanol–water partition coefficient (Wildman–Crippen LogP) is 1.61. The van der Waals surface area contributed by atoms with Gasteiger partial charge in [0.05, 0.1) is 11.3 Å². The molecule has 4 rings (SSSR count). The van der Waals surface area contributed by atoms with E-state index in [2.05, 4.69) is 0 Å². The molecular formula is C18H21N3O3. The molecule has 0 radical (unpaired) electrons. The van der Waals surface area contributed by atoms with Gasteiger partial charge in [-0.1, -0.05) is 12.1 Å². The lowest BCUT2D eigenvalue weighted by Crippen LogP contribution is -2.63. The summed E-state index contributed by atoms with van der Waals surface area (Å²) >= 11 is 0. The molecule has 0 aliphatic carbocycles. The summed E-state index contributed by atoms with van der Waals surface area (Å²) in [4.78, 5) is 43.2. The van der Waals surface area contributed by atoms with Crippen molar-refractivity contribution in [3.05, 3.63) is 29.8 Å². The number of nitrogens with zero attached hydrogens (tertiary/aromatic N) is 3. The van der Waals surface area contributed by atoms with E-state index in [0.717, 1.165) is 25.9 Å². The van der Waals surface area contributed by atoms with Gasteiger partial charge >= 0.3 is 0 Å². The summed E-state index contributed by atoms with van der Waals surface area (Å²) in [6, 6.07) is 7.17. The number of rotatable bonds is 2. The number of amides is 3. The highest BCUT2D eigenvalue weighted by Crippen LogP contribution is 2.43. The minimum atomic E-state index is -0.752. The van der Waals surface area contributed by atoms with E-state index in [4.69, 9.17) is 0 Å². The maximum atomic E-state index is 13.0. The Morgan fingerprint density at radius 3 is 2.62 bits per heavy atom. The van der Waals surface area contributed by atoms with Gasteiger partial charge in [-0.25, -0.2) is 0 Å². The van der Waals surface area contributed by atoms with Crippen molar-refractivity contribution < 1.29 is 14.4 Å². The zero-order chi connectivity index (χ0) is 16.9. The summed E-state index contributed by atoms with van der Waals surface area (Å²) in [5.41, 5.74) is 0.412. The molecule has 3 amide bonds. The van der Waals surface area contributed by atoms with E-state index in [1.54, 1.807) is 21.9 Å². The van der Waals surface area contributed by atoms with E-state index in [-0.39, 0.29) is 24.3 Å². The number of carbonyl (C=O) groups is 3. The molecule has 0 saturated carbocycles. The van der Waals surface area contributed by atoms with Crippen LogP contribution in [0.1, 0.15) is 43.0 Å². The molecule has 6 nitrogen and oxygen atoms in total. The molecule has 6 heteroatoms. The Kier molecular flexibility index (Phi) is 3.37. The van der Waals surface area contributed by atoms with E-state index >= 15 is 0 Å². The number of fused-ring (bicyclic) bond motifs is 3. The number of likely N-dealkylation sites (tertiary alicyclic amines) is 1. The molecule has 0 spiro atoms. The molecule has 3 aliphatic heterocycles. The first-order chi connectivity index (χ1) is 11.5. The van der Waals surface area contributed by atoms with E-state index in [1.807, 2.05) is 24.0 Å². The lowest BCUT2D eigenvalue weighted by Gasteiger charge is -2.48. The fourth-order valence-electron chi connectivity index (χ4n) is 4.14. The highest BCUT2D eigenvalue weighted by Gasteiger charge is 2.53. The first kappa shape index (κ1) is 15.2. The van der Waals surface area contributed by atoms with Crippen LogP contribution in [0.15, 0.2) is 24.3 Å². The van der Waals surface area contributed by atoms with Gasteiger partial charge in [0.2, 0.25) is 11.8 Å². The Bertz CT molecular complexity index is 726. The van der Waals surface area contributed by atoms with Crippen molar-refractivity contribution in [1.29, 1.82) is 0 Å². The third kappa shape index (κ3) is 2.05. The summed E-state index contributed by atoms with van der Waals surface area (Å²) in [6.07, 6.45) is 2.99. The number of hydrogen-bond donors (Lipinski definition) is 0. The number of para-hydroxylation sites is 1. The second-order valence-corrected chi connectivity index (χ2v) is 6.94. The van der Waals surface area contributed by atoms with E-state index in [0.29, 0.717) is 24.1 Å². The predicted molar refractivity (Wildman–Crippen MR) is 88.4 cm³/mol. The van der Waals surface area contributed by atoms with E-state index < -0.39 is 5.66 Å². The van der Waals surface area contributed by atoms with Crippen LogP contribution in [0.2, 0.25) is 0 Å². The molecule has 0 unspecified atom stereocenters. The molecular weight excluding hydrogens is 306 g/mol. The van der Waals surface area contributed by atoms with Crippen molar-refractivity contribution >= 4 is 23.4 Å². The Morgan fingerprint density at radius 2 is 1.88 bits per heavy atom. The average Bonchev–Trinajstić information content (AvgIpc) is 3.21. The second-order valence-electron chi connectivity index (χ2n) is 6.94. The van der Waals surface area contributed by atoms with Crippen molar-refractivity contribution in [3.8, 4) is 0 Å². The molecule has 0 N–H and O–H groups in total. The second kappa shape index (κ2) is 5.33. The monoisotopic (exact) mass is 327 g/mol. The fraction of sp³-hybridized carbons (Fsp3) is 0.500. The molecule has 1 aromatic rings. The quantitative estimate of drug-likeness (QED) is 0.829. The molecule has 2 fully saturated rings. The highest BCUT2D eigenvalue weighted by atomic mass is 16.2. The number of benzene rings is 1. The maximum absolute atomic E-state index is 13.0. The lowest BCUT2D eigenvalue weighted by molar-refractivity contribution is -0.132. The van der Waals surface area contributed by atoms with Crippen LogP contribution in [-0.2, 0) is 9.59 Å². The minimum absolute atomic E-state index is 0.0103. The smallest absolute Gasteiger partial charge is 0.258 e. The van der Waals surface area contributed by atoms with Gasteiger partial charge in [0.25, 0.3) is 5.91 Å². The van der Waals surface area contributed by atoms with Gasteiger partial charge in [0.15, 0.2) is 0 Å². The molecule has 2 saturated heterocycles. The molecule has 0 aromatic heterocycles. The maximum Gasteiger partial charge on any atom is 0.258 e. The van der Waals surface area contributed by atoms with Gasteiger partial charge < -0.3 is 9.80 Å². The van der Waals surface area contributed by atoms with Gasteiger partial charge in [0.1, 0.15) is 12.2 Å². The van der Waals surface area contributed by atoms with Gasteiger partial charge in [0, 0.05) is 19.5 Å². The molecule has 24 heavy (non-hydrogen) atoms. The van der Waals surface area contributed by atoms with Crippen LogP contribution < -0.4 is 4.90 Å². The topological polar surface area (TPSA) is 60.9 Å². The molecule has 3 aliphatic rings. The third-order valence-electron chi connectivity index (χ3n) is 5.50. The molecule has 1 atom stereocenters. The number of hydrogen-bond acceptors (Lipinski definition) is 3. The van der Waals surface area contributed by atoms with Crippen molar-refractivity contribution in [2.75, 3.05) is 24.5 Å². The summed E-state index contributed by atoms with van der Waals surface area (Å²) in [7, 11) is 0. The number of carbonyl (C=O) groups excluding carboxylic acids is 3. The summed E-state index contributed by atoms with van der Waals surface area (Å²) in [5.74, 6) is -0.177. The van der Waals surface area contributed by atoms with Gasteiger partial charge in [-0.3, -0.25) is 19.3 Å². The first-order valence-electron chi connectivity index (χ1n) is 8.54. The summed E-state index contributed by atoms with van der Waals surface area (Å²) in [6.45, 7) is 3.45. The van der Waals surface area contributed by atoms with Crippen LogP contribution in [0.4, 0.5) is 5.69 Å². The van der Waals surface area contributed by atoms with Crippen LogP contribution in [0.5, 0.6) is 0 Å². The zero-order valence-corrected chi connectivity index (χ0v) is 13.8. The van der Waals surface area contributed by atoms with Gasteiger partial charge in [-0.2, -0.15) is 0 Å². The molecule has 3 heterocycles. The largest absolute Gasteiger partial charge is 0.341 e. The normalized spacial score (nSPS) is 26.0. The molecule has 126 valence electrons. The first-order valence-corrected chi connectivity index (χ1v) is 8.54. The van der Waals surface area contributed by atoms with Gasteiger partial charge in [-0.15, -0.1) is 0 Å². The Labute approximate surface area is 141 Å². The highest BCUT2D eigenvalue weighted by molar-refractivity contribution is 6.11. The van der Waals surface area contributed by atoms with Crippen molar-refractivity contribution in [2.24, 2.45) is 0 Å². The fourth-order valence-corrected chi connectivity index (χ4v) is 4.14. The Balaban J connectivity index is 1.72. The van der Waals surface area contributed by atoms with Crippen molar-refractivity contribution in [2.45, 2.75) is 38.3 Å². The van der Waals surface area contributed by atoms with Crippen LogP contribution in [0.25, 0.3) is 0 Å². The van der Waals surface area contributed by atoms with E-state index in [9.17, 15) is 14.4 Å².